The third-order valence-corrected chi connectivity index (χ3v) is 7.19. The maximum atomic E-state index is 13.4. The van der Waals surface area contributed by atoms with E-state index < -0.39 is 0 Å². The molecule has 2 aliphatic heterocycles. The zero-order chi connectivity index (χ0) is 23.2. The molecule has 2 N–H and O–H groups in total. The van der Waals surface area contributed by atoms with Crippen LogP contribution in [0.5, 0.6) is 0 Å². The number of hydrogen-bond acceptors (Lipinski definition) is 3. The number of urea groups is 1. The molecular formula is C27H29N5O2. The molecule has 174 valence electrons. The van der Waals surface area contributed by atoms with Gasteiger partial charge >= 0.3 is 6.03 Å². The normalized spacial score (nSPS) is 18.4. The third kappa shape index (κ3) is 3.56. The van der Waals surface area contributed by atoms with E-state index in [1.807, 2.05) is 34.5 Å². The number of amides is 2. The number of H-pyrrole nitrogens is 2. The topological polar surface area (TPSA) is 77.2 Å². The van der Waals surface area contributed by atoms with Crippen molar-refractivity contribution in [1.29, 1.82) is 0 Å². The second-order valence-corrected chi connectivity index (χ2v) is 9.41. The number of carbonyl (C=O) groups is 1. The summed E-state index contributed by atoms with van der Waals surface area (Å²) in [6.07, 6.45) is 6.73. The molecule has 7 heteroatoms. The lowest BCUT2D eigenvalue weighted by molar-refractivity contribution is 0.00938. The Morgan fingerprint density at radius 2 is 2.09 bits per heavy atom. The van der Waals surface area contributed by atoms with Crippen LogP contribution in [0.25, 0.3) is 33.4 Å². The molecule has 2 aliphatic rings. The van der Waals surface area contributed by atoms with E-state index in [9.17, 15) is 4.79 Å². The molecule has 0 bridgehead atoms. The molecule has 7 nitrogen and oxygen atoms in total. The maximum Gasteiger partial charge on any atom is 0.320 e. The number of ether oxygens (including phenoxy) is 1. The van der Waals surface area contributed by atoms with Crippen molar-refractivity contribution in [2.24, 2.45) is 0 Å². The molecule has 1 fully saturated rings. The number of rotatable bonds is 2. The average Bonchev–Trinajstić information content (AvgIpc) is 3.53. The lowest BCUT2D eigenvalue weighted by Crippen LogP contribution is -2.53. The third-order valence-electron chi connectivity index (χ3n) is 7.19. The Morgan fingerprint density at radius 1 is 1.18 bits per heavy atom. The number of nitrogens with one attached hydrogen (secondary N) is 2. The van der Waals surface area contributed by atoms with E-state index in [0.29, 0.717) is 26.3 Å². The van der Waals surface area contributed by atoms with Gasteiger partial charge < -0.3 is 24.5 Å². The van der Waals surface area contributed by atoms with Crippen molar-refractivity contribution in [3.05, 3.63) is 65.6 Å². The van der Waals surface area contributed by atoms with E-state index in [2.05, 4.69) is 53.1 Å². The van der Waals surface area contributed by atoms with Crippen LogP contribution in [0.1, 0.15) is 23.6 Å². The van der Waals surface area contributed by atoms with Gasteiger partial charge in [0.15, 0.2) is 0 Å². The number of carbonyl (C=O) groups excluding carboxylic acids is 1. The number of morpholine rings is 1. The summed E-state index contributed by atoms with van der Waals surface area (Å²) in [5.74, 6) is 0. The first-order chi connectivity index (χ1) is 16.6. The Bertz CT molecular complexity index is 1360. The summed E-state index contributed by atoms with van der Waals surface area (Å²) in [6.45, 7) is 7.35. The monoisotopic (exact) mass is 455 g/mol. The fraction of sp³-hybridized carbons (Fsp3) is 0.333. The van der Waals surface area contributed by atoms with E-state index in [1.165, 1.54) is 16.7 Å². The molecule has 0 radical (unpaired) electrons. The van der Waals surface area contributed by atoms with E-state index >= 15 is 0 Å². The zero-order valence-electron chi connectivity index (χ0n) is 19.6. The molecule has 0 unspecified atom stereocenters. The van der Waals surface area contributed by atoms with Crippen molar-refractivity contribution in [3.63, 3.8) is 0 Å². The Hall–Kier alpha value is -3.58. The SMILES string of the molecule is Cc1c[nH]c2ncc(-c3cc4c(c(-c5ccc[nH]5)c3)CN(C(=O)N3CCOC[C@@H]3C)CC4)cc12. The first kappa shape index (κ1) is 21.0. The number of aromatic amines is 2. The fourth-order valence-electron chi connectivity index (χ4n) is 5.22. The van der Waals surface area contributed by atoms with Gasteiger partial charge in [-0.25, -0.2) is 9.78 Å². The van der Waals surface area contributed by atoms with Crippen LogP contribution in [0.4, 0.5) is 4.79 Å². The minimum absolute atomic E-state index is 0.104. The molecule has 1 atom stereocenters. The number of pyridine rings is 1. The number of aryl methyl sites for hydroxylation is 1. The van der Waals surface area contributed by atoms with E-state index in [1.54, 1.807) is 0 Å². The van der Waals surface area contributed by atoms with Gasteiger partial charge in [-0.2, -0.15) is 0 Å². The second-order valence-electron chi connectivity index (χ2n) is 9.41. The minimum atomic E-state index is 0.104. The number of hydrogen-bond donors (Lipinski definition) is 2. The van der Waals surface area contributed by atoms with Crippen molar-refractivity contribution in [2.45, 2.75) is 32.9 Å². The van der Waals surface area contributed by atoms with Crippen LogP contribution in [-0.2, 0) is 17.7 Å². The largest absolute Gasteiger partial charge is 0.377 e. The van der Waals surface area contributed by atoms with Crippen molar-refractivity contribution in [2.75, 3.05) is 26.3 Å². The highest BCUT2D eigenvalue weighted by Gasteiger charge is 2.31. The Morgan fingerprint density at radius 3 is 2.91 bits per heavy atom. The first-order valence-electron chi connectivity index (χ1n) is 12.0. The van der Waals surface area contributed by atoms with Crippen molar-refractivity contribution < 1.29 is 9.53 Å². The highest BCUT2D eigenvalue weighted by molar-refractivity contribution is 5.86. The number of benzene rings is 1. The first-order valence-corrected chi connectivity index (χ1v) is 12.0. The highest BCUT2D eigenvalue weighted by Crippen LogP contribution is 2.36. The summed E-state index contributed by atoms with van der Waals surface area (Å²) in [5, 5.41) is 1.15. The van der Waals surface area contributed by atoms with Crippen molar-refractivity contribution in [1.82, 2.24) is 24.8 Å². The van der Waals surface area contributed by atoms with Gasteiger partial charge in [-0.05, 0) is 66.8 Å². The van der Waals surface area contributed by atoms with Gasteiger partial charge in [0.25, 0.3) is 0 Å². The van der Waals surface area contributed by atoms with Crippen LogP contribution >= 0.6 is 0 Å². The molecule has 0 spiro atoms. The quantitative estimate of drug-likeness (QED) is 0.459. The summed E-state index contributed by atoms with van der Waals surface area (Å²) in [7, 11) is 0. The molecule has 6 rings (SSSR count). The molecule has 0 aliphatic carbocycles. The number of aromatic nitrogens is 3. The summed E-state index contributed by atoms with van der Waals surface area (Å²) in [6, 6.07) is 11.1. The molecule has 3 aromatic heterocycles. The van der Waals surface area contributed by atoms with Crippen LogP contribution in [-0.4, -0.2) is 63.1 Å². The van der Waals surface area contributed by atoms with Crippen molar-refractivity contribution in [3.8, 4) is 22.4 Å². The van der Waals surface area contributed by atoms with Crippen LogP contribution < -0.4 is 0 Å². The van der Waals surface area contributed by atoms with Gasteiger partial charge in [0.05, 0.1) is 19.3 Å². The smallest absolute Gasteiger partial charge is 0.320 e. The van der Waals surface area contributed by atoms with Gasteiger partial charge in [-0.3, -0.25) is 0 Å². The molecule has 1 saturated heterocycles. The maximum absolute atomic E-state index is 13.4. The summed E-state index contributed by atoms with van der Waals surface area (Å²) < 4.78 is 5.53. The van der Waals surface area contributed by atoms with Gasteiger partial charge in [-0.15, -0.1) is 0 Å². The van der Waals surface area contributed by atoms with E-state index in [4.69, 9.17) is 4.74 Å². The van der Waals surface area contributed by atoms with Gasteiger partial charge in [-0.1, -0.05) is 6.07 Å². The van der Waals surface area contributed by atoms with Crippen LogP contribution in [0.2, 0.25) is 0 Å². The molecule has 2 amide bonds. The van der Waals surface area contributed by atoms with Crippen molar-refractivity contribution >= 4 is 17.1 Å². The fourth-order valence-corrected chi connectivity index (χ4v) is 5.22. The molecule has 4 aromatic rings. The molecule has 5 heterocycles. The highest BCUT2D eigenvalue weighted by atomic mass is 16.5. The molecule has 34 heavy (non-hydrogen) atoms. The van der Waals surface area contributed by atoms with Gasteiger partial charge in [0.1, 0.15) is 5.65 Å². The van der Waals surface area contributed by atoms with Crippen LogP contribution in [0.3, 0.4) is 0 Å². The second kappa shape index (κ2) is 8.33. The van der Waals surface area contributed by atoms with Crippen LogP contribution in [0.15, 0.2) is 48.9 Å². The lowest BCUT2D eigenvalue weighted by atomic mass is 9.89. The van der Waals surface area contributed by atoms with Gasteiger partial charge in [0.2, 0.25) is 0 Å². The standard InChI is InChI=1S/C27H29N5O2/c1-17-13-29-26-22(17)12-21(14-30-26)20-10-19-5-7-31(27(33)32-8-9-34-16-18(32)2)15-24(19)23(11-20)25-4-3-6-28-25/h3-4,6,10-14,18,28H,5,7-9,15-16H2,1-2H3,(H,29,30)/t18-/m0/s1. The molecule has 1 aromatic carbocycles. The molecular weight excluding hydrogens is 426 g/mol. The van der Waals surface area contributed by atoms with Gasteiger partial charge in [0, 0.05) is 60.4 Å². The van der Waals surface area contributed by atoms with E-state index in [0.717, 1.165) is 46.4 Å². The number of fused-ring (bicyclic) bond motifs is 2. The Balaban J connectivity index is 1.39. The Labute approximate surface area is 198 Å². The van der Waals surface area contributed by atoms with E-state index in [-0.39, 0.29) is 12.1 Å². The minimum Gasteiger partial charge on any atom is -0.377 e. The van der Waals surface area contributed by atoms with Crippen LogP contribution in [0, 0.1) is 6.92 Å². The summed E-state index contributed by atoms with van der Waals surface area (Å²) in [4.78, 5) is 28.6. The predicted molar refractivity (Wildman–Crippen MR) is 133 cm³/mol. The average molecular weight is 456 g/mol. The number of nitrogens with zero attached hydrogens (tertiary/aromatic N) is 3. The Kier molecular flexibility index (Phi) is 5.14. The predicted octanol–water partition coefficient (Wildman–Crippen LogP) is 4.73. The zero-order valence-corrected chi connectivity index (χ0v) is 19.6. The lowest BCUT2D eigenvalue weighted by Gasteiger charge is -2.39. The summed E-state index contributed by atoms with van der Waals surface area (Å²) >= 11 is 0. The molecule has 0 saturated carbocycles. The summed E-state index contributed by atoms with van der Waals surface area (Å²) in [5.41, 5.74) is 9.10.